The summed E-state index contributed by atoms with van der Waals surface area (Å²) in [4.78, 5) is 18.1. The number of benzene rings is 1. The van der Waals surface area contributed by atoms with Crippen LogP contribution in [-0.2, 0) is 17.8 Å². The number of likely N-dealkylation sites (tertiary alicyclic amines) is 1. The van der Waals surface area contributed by atoms with Crippen molar-refractivity contribution in [1.29, 1.82) is 0 Å². The van der Waals surface area contributed by atoms with E-state index in [1.807, 2.05) is 6.92 Å². The first kappa shape index (κ1) is 27.1. The predicted molar refractivity (Wildman–Crippen MR) is 141 cm³/mol. The number of nitrogens with zero attached hydrogens (tertiary/aromatic N) is 2. The smallest absolute Gasteiger partial charge is 0.284 e. The topological polar surface area (TPSA) is 105 Å². The molecule has 0 aliphatic carbocycles. The maximum absolute atomic E-state index is 11.1. The molecule has 1 fully saturated rings. The Morgan fingerprint density at radius 2 is 1.94 bits per heavy atom. The number of nitrogens with two attached hydrogens (primary N) is 1. The van der Waals surface area contributed by atoms with Gasteiger partial charge in [-0.3, -0.25) is 9.69 Å². The van der Waals surface area contributed by atoms with Crippen LogP contribution in [0.2, 0.25) is 0 Å². The number of piperidine rings is 1. The molecule has 33 heavy (non-hydrogen) atoms. The summed E-state index contributed by atoms with van der Waals surface area (Å²) < 4.78 is 11.5. The lowest BCUT2D eigenvalue weighted by molar-refractivity contribution is 0.00534. The van der Waals surface area contributed by atoms with E-state index in [1.54, 1.807) is 12.1 Å². The molecule has 0 saturated carbocycles. The van der Waals surface area contributed by atoms with Crippen molar-refractivity contribution >= 4 is 35.8 Å². The van der Waals surface area contributed by atoms with Crippen LogP contribution in [0.3, 0.4) is 0 Å². The van der Waals surface area contributed by atoms with Crippen molar-refractivity contribution in [1.82, 2.24) is 15.5 Å². The molecule has 4 N–H and O–H groups in total. The summed E-state index contributed by atoms with van der Waals surface area (Å²) in [5.41, 5.74) is 6.58. The number of carbonyl (C=O) groups is 1. The number of amides is 1. The molecule has 0 unspecified atom stereocenters. The molecule has 1 amide bonds. The number of guanidine groups is 1. The van der Waals surface area contributed by atoms with Crippen molar-refractivity contribution in [3.8, 4) is 0 Å². The van der Waals surface area contributed by atoms with Gasteiger partial charge in [0.25, 0.3) is 5.91 Å². The van der Waals surface area contributed by atoms with Gasteiger partial charge in [0, 0.05) is 39.3 Å². The fourth-order valence-corrected chi connectivity index (χ4v) is 3.70. The summed E-state index contributed by atoms with van der Waals surface area (Å²) in [7, 11) is 0. The van der Waals surface area contributed by atoms with E-state index in [-0.39, 0.29) is 29.7 Å². The molecular formula is C24H36IN5O3. The normalized spacial score (nSPS) is 15.1. The number of hydrogen-bond acceptors (Lipinski definition) is 5. The van der Waals surface area contributed by atoms with Crippen LogP contribution in [0.4, 0.5) is 0 Å². The monoisotopic (exact) mass is 569 g/mol. The van der Waals surface area contributed by atoms with Gasteiger partial charge in [0.1, 0.15) is 12.3 Å². The highest BCUT2D eigenvalue weighted by atomic mass is 127. The van der Waals surface area contributed by atoms with Crippen LogP contribution in [0.1, 0.15) is 48.1 Å². The molecule has 3 rings (SSSR count). The van der Waals surface area contributed by atoms with E-state index in [2.05, 4.69) is 50.9 Å². The van der Waals surface area contributed by atoms with Gasteiger partial charge in [0.15, 0.2) is 11.7 Å². The van der Waals surface area contributed by atoms with Crippen molar-refractivity contribution in [2.75, 3.05) is 32.8 Å². The Morgan fingerprint density at radius 1 is 1.18 bits per heavy atom. The zero-order valence-corrected chi connectivity index (χ0v) is 21.6. The summed E-state index contributed by atoms with van der Waals surface area (Å²) in [6.45, 7) is 7.79. The minimum Gasteiger partial charge on any atom is -0.454 e. The Kier molecular flexibility index (Phi) is 12.3. The Labute approximate surface area is 213 Å². The zero-order valence-electron chi connectivity index (χ0n) is 19.3. The molecule has 1 aromatic carbocycles. The first-order chi connectivity index (χ1) is 15.6. The van der Waals surface area contributed by atoms with Crippen molar-refractivity contribution in [3.63, 3.8) is 0 Å². The Bertz CT molecular complexity index is 851. The molecule has 2 aromatic rings. The number of aliphatic imine (C=N–C) groups is 1. The zero-order chi connectivity index (χ0) is 22.6. The lowest BCUT2D eigenvalue weighted by Gasteiger charge is -2.32. The van der Waals surface area contributed by atoms with E-state index in [1.165, 1.54) is 5.56 Å². The predicted octanol–water partition coefficient (Wildman–Crippen LogP) is 3.12. The van der Waals surface area contributed by atoms with Gasteiger partial charge in [-0.05, 0) is 43.9 Å². The van der Waals surface area contributed by atoms with Crippen molar-refractivity contribution in [3.05, 3.63) is 59.5 Å². The minimum atomic E-state index is -0.577. The van der Waals surface area contributed by atoms with Gasteiger partial charge >= 0.3 is 0 Å². The van der Waals surface area contributed by atoms with Crippen LogP contribution in [-0.4, -0.2) is 55.7 Å². The SMILES string of the molecule is CCNC(=NCc1ccc(C(N)=O)o1)NCCCOC1CCN(Cc2ccccc2)CC1.I. The highest BCUT2D eigenvalue weighted by molar-refractivity contribution is 14.0. The number of rotatable bonds is 11. The number of nitrogens with one attached hydrogen (secondary N) is 2. The van der Waals surface area contributed by atoms with Gasteiger partial charge in [-0.15, -0.1) is 24.0 Å². The summed E-state index contributed by atoms with van der Waals surface area (Å²) >= 11 is 0. The first-order valence-electron chi connectivity index (χ1n) is 11.4. The summed E-state index contributed by atoms with van der Waals surface area (Å²) in [6, 6.07) is 13.9. The third-order valence-electron chi connectivity index (χ3n) is 5.39. The third-order valence-corrected chi connectivity index (χ3v) is 5.39. The number of primary amides is 1. The molecule has 0 atom stereocenters. The first-order valence-corrected chi connectivity index (χ1v) is 11.4. The van der Waals surface area contributed by atoms with Crippen molar-refractivity contribution < 1.29 is 13.9 Å². The number of ether oxygens (including phenoxy) is 1. The van der Waals surface area contributed by atoms with Gasteiger partial charge in [0.2, 0.25) is 0 Å². The molecular weight excluding hydrogens is 533 g/mol. The number of halogens is 1. The fraction of sp³-hybridized carbons (Fsp3) is 0.500. The number of furan rings is 1. The number of carbonyl (C=O) groups excluding carboxylic acids is 1. The lowest BCUT2D eigenvalue weighted by Crippen LogP contribution is -2.38. The van der Waals surface area contributed by atoms with Gasteiger partial charge in [-0.2, -0.15) is 0 Å². The van der Waals surface area contributed by atoms with E-state index >= 15 is 0 Å². The van der Waals surface area contributed by atoms with Gasteiger partial charge < -0.3 is 25.5 Å². The van der Waals surface area contributed by atoms with Gasteiger partial charge in [-0.25, -0.2) is 4.99 Å². The molecule has 1 aromatic heterocycles. The second-order valence-electron chi connectivity index (χ2n) is 7.94. The highest BCUT2D eigenvalue weighted by Crippen LogP contribution is 2.16. The van der Waals surface area contributed by atoms with Crippen LogP contribution in [0.15, 0.2) is 51.9 Å². The molecule has 0 bridgehead atoms. The largest absolute Gasteiger partial charge is 0.454 e. The van der Waals surface area contributed by atoms with Crippen LogP contribution >= 0.6 is 24.0 Å². The molecule has 182 valence electrons. The Balaban J connectivity index is 0.00000385. The maximum atomic E-state index is 11.1. The van der Waals surface area contributed by atoms with Crippen LogP contribution in [0, 0.1) is 0 Å². The number of hydrogen-bond donors (Lipinski definition) is 3. The lowest BCUT2D eigenvalue weighted by atomic mass is 10.1. The van der Waals surface area contributed by atoms with Gasteiger partial charge in [0.05, 0.1) is 6.10 Å². The molecule has 1 aliphatic heterocycles. The van der Waals surface area contributed by atoms with Crippen LogP contribution in [0.25, 0.3) is 0 Å². The molecule has 2 heterocycles. The third kappa shape index (κ3) is 9.73. The van der Waals surface area contributed by atoms with E-state index < -0.39 is 5.91 Å². The van der Waals surface area contributed by atoms with E-state index in [0.717, 1.165) is 58.6 Å². The molecule has 0 spiro atoms. The summed E-state index contributed by atoms with van der Waals surface area (Å²) in [5, 5.41) is 6.52. The maximum Gasteiger partial charge on any atom is 0.284 e. The van der Waals surface area contributed by atoms with Crippen molar-refractivity contribution in [2.24, 2.45) is 10.7 Å². The average Bonchev–Trinajstić information content (AvgIpc) is 3.28. The standard InChI is InChI=1S/C24H35N5O3.HI/c1-2-26-24(28-17-21-9-10-22(32-21)23(25)30)27-13-6-16-31-20-11-14-29(15-12-20)18-19-7-4-3-5-8-19;/h3-5,7-10,20H,2,6,11-18H2,1H3,(H2,25,30)(H2,26,27,28);1H. The Morgan fingerprint density at radius 3 is 2.61 bits per heavy atom. The molecule has 9 heteroatoms. The van der Waals surface area contributed by atoms with E-state index in [4.69, 9.17) is 14.9 Å². The minimum absolute atomic E-state index is 0. The second-order valence-corrected chi connectivity index (χ2v) is 7.94. The van der Waals surface area contributed by atoms with Crippen LogP contribution < -0.4 is 16.4 Å². The second kappa shape index (κ2) is 14.9. The molecule has 1 aliphatic rings. The molecule has 0 radical (unpaired) electrons. The molecule has 8 nitrogen and oxygen atoms in total. The molecule has 1 saturated heterocycles. The highest BCUT2D eigenvalue weighted by Gasteiger charge is 2.19. The average molecular weight is 569 g/mol. The van der Waals surface area contributed by atoms with E-state index in [0.29, 0.717) is 24.4 Å². The van der Waals surface area contributed by atoms with Gasteiger partial charge in [-0.1, -0.05) is 30.3 Å². The van der Waals surface area contributed by atoms with Crippen LogP contribution in [0.5, 0.6) is 0 Å². The fourth-order valence-electron chi connectivity index (χ4n) is 3.70. The van der Waals surface area contributed by atoms with Crippen molar-refractivity contribution in [2.45, 2.75) is 45.4 Å². The van der Waals surface area contributed by atoms with E-state index in [9.17, 15) is 4.79 Å². The quantitative estimate of drug-likeness (QED) is 0.166. The summed E-state index contributed by atoms with van der Waals surface area (Å²) in [6.07, 6.45) is 3.42. The Hall–Kier alpha value is -2.11. The summed E-state index contributed by atoms with van der Waals surface area (Å²) in [5.74, 6) is 0.875.